The molecule has 1 aromatic heterocycles. The molecule has 1 aromatic carbocycles. The molecule has 2 aromatic rings. The van der Waals surface area contributed by atoms with E-state index >= 15 is 0 Å². The quantitative estimate of drug-likeness (QED) is 0.640. The van der Waals surface area contributed by atoms with Gasteiger partial charge in [-0.1, -0.05) is 30.3 Å². The van der Waals surface area contributed by atoms with Gasteiger partial charge in [0, 0.05) is 23.8 Å². The van der Waals surface area contributed by atoms with Crippen molar-refractivity contribution in [2.75, 3.05) is 0 Å². The Morgan fingerprint density at radius 2 is 1.76 bits per heavy atom. The summed E-state index contributed by atoms with van der Waals surface area (Å²) in [5.74, 6) is 0. The van der Waals surface area contributed by atoms with Gasteiger partial charge in [0.15, 0.2) is 0 Å². The van der Waals surface area contributed by atoms with Crippen molar-refractivity contribution in [1.82, 2.24) is 4.98 Å². The Kier molecular flexibility index (Phi) is 3.53. The fraction of sp³-hybridized carbons (Fsp3) is 0.0833. The van der Waals surface area contributed by atoms with Gasteiger partial charge >= 0.3 is 7.12 Å². The second-order valence-electron chi connectivity index (χ2n) is 3.75. The van der Waals surface area contributed by atoms with E-state index in [-0.39, 0.29) is 0 Å². The van der Waals surface area contributed by atoms with Crippen LogP contribution in [0.5, 0.6) is 0 Å². The van der Waals surface area contributed by atoms with Gasteiger partial charge in [0.1, 0.15) is 0 Å². The summed E-state index contributed by atoms with van der Waals surface area (Å²) in [5.41, 5.74) is 8.73. The molecule has 0 aliphatic carbocycles. The van der Waals surface area contributed by atoms with Gasteiger partial charge in [-0.3, -0.25) is 4.98 Å². The van der Waals surface area contributed by atoms with Gasteiger partial charge in [0.25, 0.3) is 0 Å². The van der Waals surface area contributed by atoms with E-state index in [0.717, 1.165) is 16.8 Å². The second kappa shape index (κ2) is 5.10. The molecule has 0 saturated heterocycles. The van der Waals surface area contributed by atoms with E-state index in [1.165, 1.54) is 6.20 Å². The van der Waals surface area contributed by atoms with E-state index in [9.17, 15) is 0 Å². The lowest BCUT2D eigenvalue weighted by atomic mass is 9.81. The maximum absolute atomic E-state index is 8.96. The van der Waals surface area contributed by atoms with Gasteiger partial charge in [0.2, 0.25) is 0 Å². The number of hydrogen-bond acceptors (Lipinski definition) is 4. The van der Waals surface area contributed by atoms with E-state index in [1.54, 1.807) is 12.1 Å². The summed E-state index contributed by atoms with van der Waals surface area (Å²) in [7, 11) is -1.48. The van der Waals surface area contributed by atoms with Gasteiger partial charge in [-0.15, -0.1) is 0 Å². The summed E-state index contributed by atoms with van der Waals surface area (Å²) >= 11 is 0. The van der Waals surface area contributed by atoms with Crippen molar-refractivity contribution in [2.45, 2.75) is 6.54 Å². The minimum Gasteiger partial charge on any atom is -0.423 e. The molecule has 4 N–H and O–H groups in total. The smallest absolute Gasteiger partial charge is 0.423 e. The van der Waals surface area contributed by atoms with Crippen LogP contribution in [0.25, 0.3) is 11.3 Å². The summed E-state index contributed by atoms with van der Waals surface area (Å²) < 4.78 is 0. The summed E-state index contributed by atoms with van der Waals surface area (Å²) in [6.45, 7) is 0.517. The molecule has 17 heavy (non-hydrogen) atoms. The Morgan fingerprint density at radius 3 is 2.24 bits per heavy atom. The zero-order valence-corrected chi connectivity index (χ0v) is 9.24. The molecule has 2 rings (SSSR count). The first-order chi connectivity index (χ1) is 8.20. The van der Waals surface area contributed by atoms with Gasteiger partial charge in [0.05, 0.1) is 5.69 Å². The molecule has 4 nitrogen and oxygen atoms in total. The SMILES string of the molecule is NCc1ccc(-c2ccc(B(O)O)cn2)cc1. The molecule has 0 saturated carbocycles. The molecule has 86 valence electrons. The molecular formula is C12H13BN2O2. The standard InChI is InChI=1S/C12H13BN2O2/c14-7-9-1-3-10(4-2-9)12-6-5-11(8-15-12)13(16)17/h1-6,8,16-17H,7,14H2. The predicted octanol–water partition coefficient (Wildman–Crippen LogP) is -0.113. The first-order valence-electron chi connectivity index (χ1n) is 5.32. The minimum atomic E-state index is -1.48. The molecule has 1 heterocycles. The Balaban J connectivity index is 2.26. The van der Waals surface area contributed by atoms with Crippen molar-refractivity contribution in [3.05, 3.63) is 48.2 Å². The third-order valence-electron chi connectivity index (χ3n) is 2.57. The minimum absolute atomic E-state index is 0.382. The Bertz CT molecular complexity index is 483. The lowest BCUT2D eigenvalue weighted by Gasteiger charge is -2.04. The van der Waals surface area contributed by atoms with E-state index < -0.39 is 7.12 Å². The van der Waals surface area contributed by atoms with Gasteiger partial charge < -0.3 is 15.8 Å². The molecule has 0 atom stereocenters. The summed E-state index contributed by atoms with van der Waals surface area (Å²) in [4.78, 5) is 4.17. The van der Waals surface area contributed by atoms with Gasteiger partial charge in [-0.05, 0) is 11.6 Å². The van der Waals surface area contributed by atoms with Crippen molar-refractivity contribution in [3.8, 4) is 11.3 Å². The molecule has 0 unspecified atom stereocenters. The lowest BCUT2D eigenvalue weighted by Crippen LogP contribution is -2.29. The summed E-state index contributed by atoms with van der Waals surface area (Å²) in [5, 5.41) is 17.9. The number of nitrogens with zero attached hydrogens (tertiary/aromatic N) is 1. The highest BCUT2D eigenvalue weighted by Gasteiger charge is 2.10. The fourth-order valence-electron chi connectivity index (χ4n) is 1.54. The lowest BCUT2D eigenvalue weighted by molar-refractivity contribution is 0.425. The van der Waals surface area contributed by atoms with Gasteiger partial charge in [-0.25, -0.2) is 0 Å². The third kappa shape index (κ3) is 2.71. The van der Waals surface area contributed by atoms with E-state index in [1.807, 2.05) is 24.3 Å². The van der Waals surface area contributed by atoms with Crippen molar-refractivity contribution < 1.29 is 10.0 Å². The van der Waals surface area contributed by atoms with E-state index in [4.69, 9.17) is 15.8 Å². The van der Waals surface area contributed by atoms with Crippen LogP contribution in [-0.2, 0) is 6.54 Å². The number of rotatable bonds is 3. The predicted molar refractivity (Wildman–Crippen MR) is 67.4 cm³/mol. The molecular weight excluding hydrogens is 215 g/mol. The number of benzene rings is 1. The summed E-state index contributed by atoms with van der Waals surface area (Å²) in [6, 6.07) is 11.2. The highest BCUT2D eigenvalue weighted by molar-refractivity contribution is 6.58. The highest BCUT2D eigenvalue weighted by atomic mass is 16.4. The first-order valence-corrected chi connectivity index (χ1v) is 5.32. The van der Waals surface area contributed by atoms with Crippen molar-refractivity contribution in [2.24, 2.45) is 5.73 Å². The molecule has 5 heteroatoms. The van der Waals surface area contributed by atoms with Crippen molar-refractivity contribution >= 4 is 12.6 Å². The van der Waals surface area contributed by atoms with Gasteiger partial charge in [-0.2, -0.15) is 0 Å². The summed E-state index contributed by atoms with van der Waals surface area (Å²) in [6.07, 6.45) is 1.46. The Hall–Kier alpha value is -1.69. The van der Waals surface area contributed by atoms with Crippen molar-refractivity contribution in [3.63, 3.8) is 0 Å². The van der Waals surface area contributed by atoms with Crippen LogP contribution in [-0.4, -0.2) is 22.2 Å². The zero-order chi connectivity index (χ0) is 12.3. The maximum Gasteiger partial charge on any atom is 0.490 e. The van der Waals surface area contributed by atoms with Crippen LogP contribution >= 0.6 is 0 Å². The van der Waals surface area contributed by atoms with Crippen LogP contribution in [0, 0.1) is 0 Å². The molecule has 0 fully saturated rings. The number of pyridine rings is 1. The van der Waals surface area contributed by atoms with E-state index in [2.05, 4.69) is 4.98 Å². The highest BCUT2D eigenvalue weighted by Crippen LogP contribution is 2.16. The molecule has 0 aliphatic rings. The molecule has 0 bridgehead atoms. The van der Waals surface area contributed by atoms with Crippen LogP contribution in [0.15, 0.2) is 42.6 Å². The first kappa shape index (κ1) is 11.8. The normalized spacial score (nSPS) is 10.3. The van der Waals surface area contributed by atoms with Crippen LogP contribution in [0.1, 0.15) is 5.56 Å². The fourth-order valence-corrected chi connectivity index (χ4v) is 1.54. The largest absolute Gasteiger partial charge is 0.490 e. The van der Waals surface area contributed by atoms with Crippen LogP contribution in [0.2, 0.25) is 0 Å². The molecule has 0 radical (unpaired) electrons. The van der Waals surface area contributed by atoms with Crippen LogP contribution in [0.4, 0.5) is 0 Å². The number of hydrogen-bond donors (Lipinski definition) is 3. The second-order valence-corrected chi connectivity index (χ2v) is 3.75. The molecule has 0 aliphatic heterocycles. The number of aromatic nitrogens is 1. The Labute approximate surface area is 99.9 Å². The molecule has 0 amide bonds. The topological polar surface area (TPSA) is 79.4 Å². The van der Waals surface area contributed by atoms with Crippen LogP contribution in [0.3, 0.4) is 0 Å². The monoisotopic (exact) mass is 228 g/mol. The average molecular weight is 228 g/mol. The average Bonchev–Trinajstić information content (AvgIpc) is 2.39. The number of nitrogens with two attached hydrogens (primary N) is 1. The van der Waals surface area contributed by atoms with Crippen molar-refractivity contribution in [1.29, 1.82) is 0 Å². The Morgan fingerprint density at radius 1 is 1.06 bits per heavy atom. The molecule has 0 spiro atoms. The van der Waals surface area contributed by atoms with Crippen LogP contribution < -0.4 is 11.2 Å². The third-order valence-corrected chi connectivity index (χ3v) is 2.57. The zero-order valence-electron chi connectivity index (χ0n) is 9.24. The van der Waals surface area contributed by atoms with E-state index in [0.29, 0.717) is 12.0 Å². The maximum atomic E-state index is 8.96.